The Kier molecular flexibility index (Phi) is 7.60. The summed E-state index contributed by atoms with van der Waals surface area (Å²) in [5, 5.41) is 5.19. The monoisotopic (exact) mass is 399 g/mol. The number of anilines is 1. The second kappa shape index (κ2) is 10.4. The van der Waals surface area contributed by atoms with Gasteiger partial charge >= 0.3 is 0 Å². The van der Waals surface area contributed by atoms with Crippen LogP contribution in [-0.4, -0.2) is 34.3 Å². The zero-order valence-electron chi connectivity index (χ0n) is 16.5. The average Bonchev–Trinajstić information content (AvgIpc) is 3.24. The van der Waals surface area contributed by atoms with E-state index in [9.17, 15) is 9.59 Å². The quantitative estimate of drug-likeness (QED) is 0.687. The Hall–Kier alpha value is -2.21. The standard InChI is InChI=1S/C22H29N3O2S/c1-2-3-7-17-10-12-18(13-11-17)21(27)25(19-8-5-4-6-9-19)16-20(26)24-22-23-14-15-28-22/h10-15,19H,2-9,16H2,1H3,(H,23,24,26). The number of hydrogen-bond acceptors (Lipinski definition) is 4. The van der Waals surface area contributed by atoms with Crippen molar-refractivity contribution in [1.82, 2.24) is 9.88 Å². The molecular formula is C22H29N3O2S. The molecule has 0 atom stereocenters. The highest BCUT2D eigenvalue weighted by atomic mass is 32.1. The van der Waals surface area contributed by atoms with E-state index < -0.39 is 0 Å². The van der Waals surface area contributed by atoms with E-state index in [2.05, 4.69) is 17.2 Å². The molecule has 0 saturated heterocycles. The average molecular weight is 400 g/mol. The molecule has 1 N–H and O–H groups in total. The van der Waals surface area contributed by atoms with Crippen LogP contribution in [0.4, 0.5) is 5.13 Å². The summed E-state index contributed by atoms with van der Waals surface area (Å²) in [5.74, 6) is -0.239. The molecule has 28 heavy (non-hydrogen) atoms. The first kappa shape index (κ1) is 20.5. The van der Waals surface area contributed by atoms with Gasteiger partial charge in [-0.1, -0.05) is 44.7 Å². The van der Waals surface area contributed by atoms with Crippen molar-refractivity contribution in [2.24, 2.45) is 0 Å². The molecule has 1 aromatic carbocycles. The summed E-state index contributed by atoms with van der Waals surface area (Å²) in [6, 6.07) is 8.02. The number of benzene rings is 1. The summed E-state index contributed by atoms with van der Waals surface area (Å²) in [4.78, 5) is 31.6. The molecule has 5 nitrogen and oxygen atoms in total. The van der Waals surface area contributed by atoms with E-state index >= 15 is 0 Å². The van der Waals surface area contributed by atoms with Crippen LogP contribution in [0.1, 0.15) is 67.8 Å². The Morgan fingerprint density at radius 3 is 2.57 bits per heavy atom. The molecule has 2 amide bonds. The van der Waals surface area contributed by atoms with E-state index in [1.807, 2.05) is 29.6 Å². The van der Waals surface area contributed by atoms with Crippen LogP contribution in [0, 0.1) is 0 Å². The van der Waals surface area contributed by atoms with Gasteiger partial charge in [0, 0.05) is 23.2 Å². The van der Waals surface area contributed by atoms with E-state index in [-0.39, 0.29) is 24.4 Å². The zero-order chi connectivity index (χ0) is 19.8. The highest BCUT2D eigenvalue weighted by Gasteiger charge is 2.28. The predicted molar refractivity (Wildman–Crippen MR) is 114 cm³/mol. The van der Waals surface area contributed by atoms with Crippen LogP contribution in [-0.2, 0) is 11.2 Å². The first-order valence-corrected chi connectivity index (χ1v) is 11.1. The van der Waals surface area contributed by atoms with Crippen molar-refractivity contribution in [3.05, 3.63) is 47.0 Å². The van der Waals surface area contributed by atoms with Crippen LogP contribution >= 0.6 is 11.3 Å². The van der Waals surface area contributed by atoms with Gasteiger partial charge < -0.3 is 10.2 Å². The van der Waals surface area contributed by atoms with Crippen molar-refractivity contribution in [2.45, 2.75) is 64.3 Å². The van der Waals surface area contributed by atoms with Crippen molar-refractivity contribution >= 4 is 28.3 Å². The second-order valence-electron chi connectivity index (χ2n) is 7.41. The third kappa shape index (κ3) is 5.64. The number of hydrogen-bond donors (Lipinski definition) is 1. The third-order valence-corrected chi connectivity index (χ3v) is 5.98. The molecule has 0 aliphatic heterocycles. The molecule has 3 rings (SSSR count). The summed E-state index contributed by atoms with van der Waals surface area (Å²) >= 11 is 1.38. The summed E-state index contributed by atoms with van der Waals surface area (Å²) in [6.45, 7) is 2.25. The fourth-order valence-electron chi connectivity index (χ4n) is 3.72. The molecular weight excluding hydrogens is 370 g/mol. The number of unbranched alkanes of at least 4 members (excludes halogenated alkanes) is 1. The molecule has 1 aromatic heterocycles. The Balaban J connectivity index is 1.71. The third-order valence-electron chi connectivity index (χ3n) is 5.29. The number of nitrogens with one attached hydrogen (secondary N) is 1. The number of thiazole rings is 1. The van der Waals surface area contributed by atoms with Crippen molar-refractivity contribution in [3.8, 4) is 0 Å². The Bertz CT molecular complexity index is 753. The maximum absolute atomic E-state index is 13.2. The molecule has 6 heteroatoms. The number of rotatable bonds is 8. The van der Waals surface area contributed by atoms with E-state index in [0.717, 1.165) is 44.9 Å². The van der Waals surface area contributed by atoms with Gasteiger partial charge in [-0.15, -0.1) is 11.3 Å². The SMILES string of the molecule is CCCCc1ccc(C(=O)N(CC(=O)Nc2nccs2)C2CCCCC2)cc1. The van der Waals surface area contributed by atoms with Crippen LogP contribution in [0.25, 0.3) is 0 Å². The normalized spacial score (nSPS) is 14.6. The second-order valence-corrected chi connectivity index (χ2v) is 8.31. The molecule has 0 radical (unpaired) electrons. The van der Waals surface area contributed by atoms with E-state index in [1.54, 1.807) is 11.1 Å². The Morgan fingerprint density at radius 1 is 1.18 bits per heavy atom. The molecule has 0 unspecified atom stereocenters. The molecule has 150 valence electrons. The van der Waals surface area contributed by atoms with E-state index in [0.29, 0.717) is 10.7 Å². The summed E-state index contributed by atoms with van der Waals surface area (Å²) in [6.07, 6.45) is 10.4. The molecule has 0 bridgehead atoms. The van der Waals surface area contributed by atoms with Crippen molar-refractivity contribution in [1.29, 1.82) is 0 Å². The number of aryl methyl sites for hydroxylation is 1. The molecule has 1 aliphatic carbocycles. The number of carbonyl (C=O) groups excluding carboxylic acids is 2. The van der Waals surface area contributed by atoms with Crippen molar-refractivity contribution < 1.29 is 9.59 Å². The molecule has 1 heterocycles. The number of amides is 2. The summed E-state index contributed by atoms with van der Waals surface area (Å²) < 4.78 is 0. The molecule has 1 aliphatic rings. The molecule has 1 saturated carbocycles. The topological polar surface area (TPSA) is 62.3 Å². The van der Waals surface area contributed by atoms with Crippen molar-refractivity contribution in [3.63, 3.8) is 0 Å². The first-order chi connectivity index (χ1) is 13.7. The minimum absolute atomic E-state index is 0.0526. The molecule has 0 spiro atoms. The summed E-state index contributed by atoms with van der Waals surface area (Å²) in [7, 11) is 0. The van der Waals surface area contributed by atoms with Gasteiger partial charge in [0.2, 0.25) is 5.91 Å². The van der Waals surface area contributed by atoms with E-state index in [1.165, 1.54) is 23.3 Å². The van der Waals surface area contributed by atoms with Gasteiger partial charge in [-0.2, -0.15) is 0 Å². The first-order valence-electron chi connectivity index (χ1n) is 10.3. The highest BCUT2D eigenvalue weighted by molar-refractivity contribution is 7.13. The fourth-order valence-corrected chi connectivity index (χ4v) is 4.26. The van der Waals surface area contributed by atoms with Crippen LogP contribution < -0.4 is 5.32 Å². The van der Waals surface area contributed by atoms with Gasteiger partial charge in [0.1, 0.15) is 6.54 Å². The molecule has 1 fully saturated rings. The number of carbonyl (C=O) groups is 2. The zero-order valence-corrected chi connectivity index (χ0v) is 17.3. The number of aromatic nitrogens is 1. The lowest BCUT2D eigenvalue weighted by atomic mass is 9.93. The smallest absolute Gasteiger partial charge is 0.254 e. The predicted octanol–water partition coefficient (Wildman–Crippen LogP) is 4.90. The van der Waals surface area contributed by atoms with Gasteiger partial charge in [-0.25, -0.2) is 4.98 Å². The highest BCUT2D eigenvalue weighted by Crippen LogP contribution is 2.24. The maximum Gasteiger partial charge on any atom is 0.254 e. The lowest BCUT2D eigenvalue weighted by Crippen LogP contribution is -2.45. The van der Waals surface area contributed by atoms with Gasteiger partial charge in [0.25, 0.3) is 5.91 Å². The minimum atomic E-state index is -0.187. The van der Waals surface area contributed by atoms with Gasteiger partial charge in [0.15, 0.2) is 5.13 Å². The fraction of sp³-hybridized carbons (Fsp3) is 0.500. The van der Waals surface area contributed by atoms with Crippen LogP contribution in [0.2, 0.25) is 0 Å². The van der Waals surface area contributed by atoms with Crippen LogP contribution in [0.15, 0.2) is 35.8 Å². The van der Waals surface area contributed by atoms with Gasteiger partial charge in [-0.3, -0.25) is 9.59 Å². The van der Waals surface area contributed by atoms with Gasteiger partial charge in [0.05, 0.1) is 0 Å². The lowest BCUT2D eigenvalue weighted by Gasteiger charge is -2.34. The van der Waals surface area contributed by atoms with E-state index in [4.69, 9.17) is 0 Å². The van der Waals surface area contributed by atoms with Crippen molar-refractivity contribution in [2.75, 3.05) is 11.9 Å². The van der Waals surface area contributed by atoms with Crippen LogP contribution in [0.5, 0.6) is 0 Å². The largest absolute Gasteiger partial charge is 0.326 e. The summed E-state index contributed by atoms with van der Waals surface area (Å²) in [5.41, 5.74) is 1.91. The lowest BCUT2D eigenvalue weighted by molar-refractivity contribution is -0.117. The van der Waals surface area contributed by atoms with Crippen LogP contribution in [0.3, 0.4) is 0 Å². The molecule has 2 aromatic rings. The maximum atomic E-state index is 13.2. The minimum Gasteiger partial charge on any atom is -0.326 e. The number of nitrogens with zero attached hydrogens (tertiary/aromatic N) is 2. The Morgan fingerprint density at radius 2 is 1.93 bits per heavy atom. The van der Waals surface area contributed by atoms with Gasteiger partial charge in [-0.05, 0) is 43.4 Å². The Labute approximate surface area is 171 Å².